The maximum absolute atomic E-state index is 13.3. The smallest absolute Gasteiger partial charge is 0.351 e. The predicted octanol–water partition coefficient (Wildman–Crippen LogP) is 3.13. The largest absolute Gasteiger partial charge is 0.460 e. The normalized spacial score (nSPS) is 29.5. The molecule has 6 heteroatoms. The third-order valence-corrected chi connectivity index (χ3v) is 4.98. The fraction of sp³-hybridized carbons (Fsp3) is 0.500. The van der Waals surface area contributed by atoms with Gasteiger partial charge in [0.05, 0.1) is 5.60 Å². The molecule has 0 N–H and O–H groups in total. The van der Waals surface area contributed by atoms with Crippen molar-refractivity contribution in [3.63, 3.8) is 0 Å². The Balaban J connectivity index is 1.84. The monoisotopic (exact) mass is 386 g/mol. The van der Waals surface area contributed by atoms with E-state index in [1.165, 1.54) is 0 Å². The van der Waals surface area contributed by atoms with Crippen molar-refractivity contribution in [1.82, 2.24) is 0 Å². The lowest BCUT2D eigenvalue weighted by molar-refractivity contribution is -0.201. The van der Waals surface area contributed by atoms with Gasteiger partial charge < -0.3 is 14.2 Å². The first-order chi connectivity index (χ1) is 13.0. The molecule has 1 aromatic carbocycles. The van der Waals surface area contributed by atoms with Crippen molar-refractivity contribution < 1.29 is 28.6 Å². The summed E-state index contributed by atoms with van der Waals surface area (Å²) in [6, 6.07) is 9.20. The molecule has 2 aliphatic rings. The second-order valence-corrected chi connectivity index (χ2v) is 8.73. The van der Waals surface area contributed by atoms with Crippen LogP contribution >= 0.6 is 0 Å². The fourth-order valence-electron chi connectivity index (χ4n) is 3.82. The van der Waals surface area contributed by atoms with Crippen LogP contribution in [0.15, 0.2) is 42.5 Å². The number of ketones is 1. The number of benzene rings is 1. The molecule has 0 aliphatic carbocycles. The van der Waals surface area contributed by atoms with E-state index >= 15 is 0 Å². The zero-order valence-corrected chi connectivity index (χ0v) is 16.7. The maximum Gasteiger partial charge on any atom is 0.351 e. The van der Waals surface area contributed by atoms with E-state index in [0.29, 0.717) is 12.0 Å². The molecule has 0 aromatic heterocycles. The Kier molecular flexibility index (Phi) is 4.96. The van der Waals surface area contributed by atoms with Crippen LogP contribution in [0.5, 0.6) is 0 Å². The van der Waals surface area contributed by atoms with Crippen LogP contribution in [0.25, 0.3) is 0 Å². The van der Waals surface area contributed by atoms with Gasteiger partial charge in [0.25, 0.3) is 0 Å². The van der Waals surface area contributed by atoms with Gasteiger partial charge in [0, 0.05) is 6.42 Å². The van der Waals surface area contributed by atoms with Crippen molar-refractivity contribution in [1.29, 1.82) is 0 Å². The summed E-state index contributed by atoms with van der Waals surface area (Å²) in [4.78, 5) is 38.9. The summed E-state index contributed by atoms with van der Waals surface area (Å²) in [5.41, 5.74) is -2.46. The van der Waals surface area contributed by atoms with Gasteiger partial charge in [-0.05, 0) is 45.3 Å². The average molecular weight is 386 g/mol. The Hall–Kier alpha value is -2.47. The third kappa shape index (κ3) is 3.61. The lowest BCUT2D eigenvalue weighted by Gasteiger charge is -2.39. The number of Topliss-reactive ketones (excluding diaryl/α,β-unsaturated/α-hetero) is 1. The Bertz CT molecular complexity index is 821. The lowest BCUT2D eigenvalue weighted by atomic mass is 9.82. The molecule has 0 amide bonds. The summed E-state index contributed by atoms with van der Waals surface area (Å²) in [6.45, 7) is 10.9. The molecule has 2 heterocycles. The molecule has 2 bridgehead atoms. The predicted molar refractivity (Wildman–Crippen MR) is 101 cm³/mol. The first kappa shape index (κ1) is 20.3. The van der Waals surface area contributed by atoms with Gasteiger partial charge in [-0.25, -0.2) is 4.79 Å². The van der Waals surface area contributed by atoms with Crippen molar-refractivity contribution in [3.8, 4) is 0 Å². The van der Waals surface area contributed by atoms with Gasteiger partial charge in [-0.2, -0.15) is 0 Å². The second kappa shape index (κ2) is 6.85. The van der Waals surface area contributed by atoms with E-state index in [-0.39, 0.29) is 13.0 Å². The van der Waals surface area contributed by atoms with Gasteiger partial charge in [0.1, 0.15) is 18.1 Å². The van der Waals surface area contributed by atoms with Crippen molar-refractivity contribution >= 4 is 17.7 Å². The highest BCUT2D eigenvalue weighted by molar-refractivity contribution is 6.18. The first-order valence-corrected chi connectivity index (χ1v) is 9.34. The van der Waals surface area contributed by atoms with Crippen molar-refractivity contribution in [2.45, 2.75) is 63.9 Å². The Morgan fingerprint density at radius 1 is 1.25 bits per heavy atom. The highest BCUT2D eigenvalue weighted by Crippen LogP contribution is 2.51. The minimum Gasteiger partial charge on any atom is -0.460 e. The quantitative estimate of drug-likeness (QED) is 0.449. The molecule has 6 nitrogen and oxygen atoms in total. The number of ether oxygens (including phenoxy) is 3. The summed E-state index contributed by atoms with van der Waals surface area (Å²) in [7, 11) is 0. The SMILES string of the molecule is C=C1C[C@@]2(C)C[C@H](C(=O)OCc3ccccc3)C(=O)[C@]1(C(=O)OC(C)(C)C)O2. The van der Waals surface area contributed by atoms with Crippen LogP contribution < -0.4 is 0 Å². The van der Waals surface area contributed by atoms with E-state index < -0.39 is 40.4 Å². The van der Waals surface area contributed by atoms with E-state index in [0.717, 1.165) is 5.56 Å². The number of fused-ring (bicyclic) bond motifs is 2. The van der Waals surface area contributed by atoms with Gasteiger partial charge in [-0.1, -0.05) is 36.9 Å². The van der Waals surface area contributed by atoms with Crippen LogP contribution in [-0.4, -0.2) is 34.5 Å². The molecular formula is C22H26O6. The Morgan fingerprint density at radius 3 is 2.50 bits per heavy atom. The van der Waals surface area contributed by atoms with Crippen molar-refractivity contribution in [3.05, 3.63) is 48.0 Å². The van der Waals surface area contributed by atoms with Gasteiger partial charge in [-0.15, -0.1) is 0 Å². The molecule has 1 aromatic rings. The van der Waals surface area contributed by atoms with Crippen LogP contribution in [-0.2, 0) is 35.2 Å². The van der Waals surface area contributed by atoms with E-state index in [9.17, 15) is 14.4 Å². The van der Waals surface area contributed by atoms with Crippen molar-refractivity contribution in [2.75, 3.05) is 0 Å². The minimum atomic E-state index is -1.95. The number of hydrogen-bond acceptors (Lipinski definition) is 6. The molecule has 0 saturated carbocycles. The van der Waals surface area contributed by atoms with Gasteiger partial charge >= 0.3 is 11.9 Å². The average Bonchev–Trinajstić information content (AvgIpc) is 2.84. The third-order valence-electron chi connectivity index (χ3n) is 4.98. The van der Waals surface area contributed by atoms with Crippen LogP contribution in [0.3, 0.4) is 0 Å². The van der Waals surface area contributed by atoms with Crippen molar-refractivity contribution in [2.24, 2.45) is 5.92 Å². The van der Waals surface area contributed by atoms with Crippen LogP contribution in [0.1, 0.15) is 46.1 Å². The molecule has 0 radical (unpaired) electrons. The second-order valence-electron chi connectivity index (χ2n) is 8.73. The summed E-state index contributed by atoms with van der Waals surface area (Å²) >= 11 is 0. The topological polar surface area (TPSA) is 78.9 Å². The van der Waals surface area contributed by atoms with Gasteiger partial charge in [-0.3, -0.25) is 9.59 Å². The van der Waals surface area contributed by atoms with E-state index in [1.807, 2.05) is 30.3 Å². The molecular weight excluding hydrogens is 360 g/mol. The molecule has 2 aliphatic heterocycles. The first-order valence-electron chi connectivity index (χ1n) is 9.34. The van der Waals surface area contributed by atoms with Crippen LogP contribution in [0, 0.1) is 5.92 Å². The summed E-state index contributed by atoms with van der Waals surface area (Å²) < 4.78 is 16.7. The van der Waals surface area contributed by atoms with Gasteiger partial charge in [0.2, 0.25) is 5.60 Å². The summed E-state index contributed by atoms with van der Waals surface area (Å²) in [5.74, 6) is -3.24. The maximum atomic E-state index is 13.3. The molecule has 2 saturated heterocycles. The van der Waals surface area contributed by atoms with Crippen LogP contribution in [0.4, 0.5) is 0 Å². The zero-order chi connectivity index (χ0) is 20.7. The minimum absolute atomic E-state index is 0.0570. The summed E-state index contributed by atoms with van der Waals surface area (Å²) in [6.07, 6.45) is 0.448. The zero-order valence-electron chi connectivity index (χ0n) is 16.7. The van der Waals surface area contributed by atoms with E-state index in [2.05, 4.69) is 6.58 Å². The number of carbonyl (C=O) groups excluding carboxylic acids is 3. The highest BCUT2D eigenvalue weighted by Gasteiger charge is 2.67. The van der Waals surface area contributed by atoms with Crippen LogP contribution in [0.2, 0.25) is 0 Å². The molecule has 3 atom stereocenters. The number of carbonyl (C=O) groups is 3. The number of rotatable bonds is 4. The van der Waals surface area contributed by atoms with Gasteiger partial charge in [0.15, 0.2) is 5.78 Å². The Morgan fingerprint density at radius 2 is 1.89 bits per heavy atom. The molecule has 0 spiro atoms. The molecule has 150 valence electrons. The highest BCUT2D eigenvalue weighted by atomic mass is 16.6. The summed E-state index contributed by atoms with van der Waals surface area (Å²) in [5, 5.41) is 0. The molecule has 2 fully saturated rings. The molecule has 0 unspecified atom stereocenters. The molecule has 28 heavy (non-hydrogen) atoms. The standard InChI is InChI=1S/C22H26O6/c1-14-11-21(5)12-16(18(24)26-13-15-9-7-6-8-10-15)17(23)22(14,28-21)19(25)27-20(2,3)4/h6-10,16H,1,11-13H2,2-5H3/t16-,21-,22+/m0/s1. The molecule has 3 rings (SSSR count). The number of esters is 2. The van der Waals surface area contributed by atoms with E-state index in [4.69, 9.17) is 14.2 Å². The van der Waals surface area contributed by atoms with E-state index in [1.54, 1.807) is 27.7 Å². The fourth-order valence-corrected chi connectivity index (χ4v) is 3.82. The Labute approximate surface area is 164 Å². The lowest BCUT2D eigenvalue weighted by Crippen LogP contribution is -2.59. The number of hydrogen-bond donors (Lipinski definition) is 0.